The number of carbonyl (C=O) groups excluding carboxylic acids is 2. The van der Waals surface area contributed by atoms with Crippen LogP contribution in [0.25, 0.3) is 5.69 Å². The number of urea groups is 1. The Morgan fingerprint density at radius 1 is 1.00 bits per heavy atom. The Balaban J connectivity index is 1.32. The summed E-state index contributed by atoms with van der Waals surface area (Å²) in [5, 5.41) is 4.92. The number of carbonyl (C=O) groups is 2. The number of amides is 3. The van der Waals surface area contributed by atoms with Gasteiger partial charge in [-0.05, 0) is 25.1 Å². The second kappa shape index (κ2) is 11.6. The smallest absolute Gasteiger partial charge is 0.323 e. The van der Waals surface area contributed by atoms with Gasteiger partial charge in [0.15, 0.2) is 17.4 Å². The highest BCUT2D eigenvalue weighted by Gasteiger charge is 2.24. The molecule has 41 heavy (non-hydrogen) atoms. The summed E-state index contributed by atoms with van der Waals surface area (Å²) in [5.41, 5.74) is -0.405. The third-order valence-electron chi connectivity index (χ3n) is 6.54. The number of anilines is 2. The molecule has 1 saturated heterocycles. The van der Waals surface area contributed by atoms with E-state index in [-0.39, 0.29) is 23.2 Å². The lowest BCUT2D eigenvalue weighted by Gasteiger charge is -2.26. The number of hydrogen-bond acceptors (Lipinski definition) is 6. The third kappa shape index (κ3) is 5.79. The van der Waals surface area contributed by atoms with E-state index in [0.29, 0.717) is 37.7 Å². The van der Waals surface area contributed by atoms with Gasteiger partial charge in [0.2, 0.25) is 0 Å². The highest BCUT2D eigenvalue weighted by atomic mass is 19.1. The number of hydrogen-bond donors (Lipinski definition) is 2. The molecule has 5 rings (SSSR count). The molecule has 0 aliphatic carbocycles. The zero-order valence-corrected chi connectivity index (χ0v) is 22.2. The van der Waals surface area contributed by atoms with Crippen LogP contribution in [0, 0.1) is 18.6 Å². The summed E-state index contributed by atoms with van der Waals surface area (Å²) in [7, 11) is 1.62. The molecule has 11 nitrogen and oxygen atoms in total. The molecular formula is C28H26F2N6O5. The van der Waals surface area contributed by atoms with Crippen LogP contribution >= 0.6 is 0 Å². The molecule has 3 amide bonds. The van der Waals surface area contributed by atoms with E-state index in [2.05, 4.69) is 15.6 Å². The average Bonchev–Trinajstić information content (AvgIpc) is 3.19. The number of rotatable bonds is 6. The van der Waals surface area contributed by atoms with Gasteiger partial charge in [0.05, 0.1) is 30.3 Å². The first-order valence-electron chi connectivity index (χ1n) is 12.6. The van der Waals surface area contributed by atoms with Crippen LogP contribution in [-0.4, -0.2) is 57.5 Å². The second-order valence-electron chi connectivity index (χ2n) is 9.16. The number of nitrogens with one attached hydrogen (secondary N) is 2. The van der Waals surface area contributed by atoms with Crippen molar-refractivity contribution >= 4 is 23.4 Å². The maximum absolute atomic E-state index is 15.0. The zero-order chi connectivity index (χ0) is 29.1. The number of morpholine rings is 1. The van der Waals surface area contributed by atoms with Crippen molar-refractivity contribution < 1.29 is 27.8 Å². The van der Waals surface area contributed by atoms with Crippen molar-refractivity contribution in [2.75, 3.05) is 36.9 Å². The van der Waals surface area contributed by atoms with Gasteiger partial charge in [-0.2, -0.15) is 0 Å². The first-order valence-corrected chi connectivity index (χ1v) is 12.6. The lowest BCUT2D eigenvalue weighted by Crippen LogP contribution is -2.43. The van der Waals surface area contributed by atoms with E-state index >= 15 is 0 Å². The molecule has 2 aromatic heterocycles. The summed E-state index contributed by atoms with van der Waals surface area (Å²) in [5.74, 6) is -3.05. The van der Waals surface area contributed by atoms with E-state index in [1.54, 1.807) is 49.2 Å². The number of aromatic nitrogens is 3. The van der Waals surface area contributed by atoms with Gasteiger partial charge in [-0.3, -0.25) is 19.6 Å². The molecule has 0 bridgehead atoms. The van der Waals surface area contributed by atoms with Gasteiger partial charge in [0, 0.05) is 44.5 Å². The van der Waals surface area contributed by atoms with Crippen LogP contribution in [-0.2, 0) is 11.8 Å². The number of halogens is 2. The topological polar surface area (TPSA) is 120 Å². The van der Waals surface area contributed by atoms with Crippen LogP contribution in [0.4, 0.5) is 25.1 Å². The van der Waals surface area contributed by atoms with E-state index in [1.807, 2.05) is 0 Å². The number of benzene rings is 2. The summed E-state index contributed by atoms with van der Waals surface area (Å²) in [6.45, 7) is 3.31. The Bertz CT molecular complexity index is 1660. The molecule has 0 unspecified atom stereocenters. The van der Waals surface area contributed by atoms with Crippen molar-refractivity contribution in [3.8, 4) is 17.2 Å². The molecule has 1 aliphatic heterocycles. The molecule has 1 fully saturated rings. The minimum Gasteiger partial charge on any atom is -0.454 e. The third-order valence-corrected chi connectivity index (χ3v) is 6.54. The van der Waals surface area contributed by atoms with Crippen LogP contribution < -0.4 is 20.9 Å². The average molecular weight is 565 g/mol. The molecule has 4 aromatic rings. The van der Waals surface area contributed by atoms with Gasteiger partial charge in [0.1, 0.15) is 17.1 Å². The number of para-hydroxylation sites is 1. The maximum atomic E-state index is 15.0. The van der Waals surface area contributed by atoms with Crippen molar-refractivity contribution in [3.05, 3.63) is 94.0 Å². The van der Waals surface area contributed by atoms with Crippen molar-refractivity contribution in [3.63, 3.8) is 0 Å². The predicted molar refractivity (Wildman–Crippen MR) is 146 cm³/mol. The Hall–Kier alpha value is -5.04. The van der Waals surface area contributed by atoms with Gasteiger partial charge in [-0.15, -0.1) is 0 Å². The fourth-order valence-corrected chi connectivity index (χ4v) is 4.34. The molecule has 0 atom stereocenters. The standard InChI is InChI=1S/C28H26F2N6O5/c1-17-25(27(38)36(34(17)2)18-6-4-3-5-7-18)26(37)32-22-15-21(30)23(16-20(22)29)41-19-8-9-31-24(14-19)33-28(39)35-10-12-40-13-11-35/h3-9,14-16H,10-13H2,1-2H3,(H,32,37)(H,31,33,39). The largest absolute Gasteiger partial charge is 0.454 e. The number of pyridine rings is 1. The van der Waals surface area contributed by atoms with Crippen molar-refractivity contribution in [1.29, 1.82) is 0 Å². The van der Waals surface area contributed by atoms with Crippen LogP contribution in [0.2, 0.25) is 0 Å². The fraction of sp³-hybridized carbons (Fsp3) is 0.214. The minimum absolute atomic E-state index is 0.0914. The lowest BCUT2D eigenvalue weighted by atomic mass is 10.2. The Labute approximate surface area is 232 Å². The molecule has 1 aliphatic rings. The van der Waals surface area contributed by atoms with Crippen LogP contribution in [0.5, 0.6) is 11.5 Å². The normalized spacial score (nSPS) is 13.1. The van der Waals surface area contributed by atoms with E-state index in [0.717, 1.165) is 12.1 Å². The molecule has 2 N–H and O–H groups in total. The van der Waals surface area contributed by atoms with Gasteiger partial charge in [0.25, 0.3) is 11.5 Å². The SMILES string of the molecule is Cc1c(C(=O)Nc2cc(F)c(Oc3ccnc(NC(=O)N4CCOCC4)c3)cc2F)c(=O)n(-c2ccccc2)n1C. The molecule has 13 heteroatoms. The molecule has 0 spiro atoms. The van der Waals surface area contributed by atoms with Gasteiger partial charge in [-0.25, -0.2) is 23.2 Å². The van der Waals surface area contributed by atoms with Crippen LogP contribution in [0.1, 0.15) is 16.1 Å². The van der Waals surface area contributed by atoms with E-state index < -0.39 is 34.5 Å². The fourth-order valence-electron chi connectivity index (χ4n) is 4.34. The second-order valence-corrected chi connectivity index (χ2v) is 9.16. The molecule has 0 radical (unpaired) electrons. The minimum atomic E-state index is -0.985. The summed E-state index contributed by atoms with van der Waals surface area (Å²) < 4.78 is 43.5. The van der Waals surface area contributed by atoms with E-state index in [1.165, 1.54) is 27.7 Å². The zero-order valence-electron chi connectivity index (χ0n) is 22.2. The summed E-state index contributed by atoms with van der Waals surface area (Å²) in [6.07, 6.45) is 1.34. The van der Waals surface area contributed by atoms with Gasteiger partial charge >= 0.3 is 6.03 Å². The first-order chi connectivity index (χ1) is 19.7. The number of nitrogens with zero attached hydrogens (tertiary/aromatic N) is 4. The molecule has 3 heterocycles. The Kier molecular flexibility index (Phi) is 7.79. The van der Waals surface area contributed by atoms with Crippen molar-refractivity contribution in [1.82, 2.24) is 19.2 Å². The van der Waals surface area contributed by atoms with E-state index in [9.17, 15) is 23.2 Å². The Morgan fingerprint density at radius 3 is 2.46 bits per heavy atom. The molecular weight excluding hydrogens is 538 g/mol. The predicted octanol–water partition coefficient (Wildman–Crippen LogP) is 4.07. The van der Waals surface area contributed by atoms with E-state index in [4.69, 9.17) is 9.47 Å². The van der Waals surface area contributed by atoms with Crippen molar-refractivity contribution in [2.24, 2.45) is 7.05 Å². The van der Waals surface area contributed by atoms with Crippen molar-refractivity contribution in [2.45, 2.75) is 6.92 Å². The van der Waals surface area contributed by atoms with Crippen LogP contribution in [0.15, 0.2) is 65.6 Å². The Morgan fingerprint density at radius 2 is 1.73 bits per heavy atom. The van der Waals surface area contributed by atoms with Crippen LogP contribution in [0.3, 0.4) is 0 Å². The molecule has 2 aromatic carbocycles. The molecule has 212 valence electrons. The van der Waals surface area contributed by atoms with Gasteiger partial charge < -0.3 is 19.7 Å². The summed E-state index contributed by atoms with van der Waals surface area (Å²) >= 11 is 0. The highest BCUT2D eigenvalue weighted by Crippen LogP contribution is 2.30. The first kappa shape index (κ1) is 27.5. The maximum Gasteiger partial charge on any atom is 0.323 e. The highest BCUT2D eigenvalue weighted by molar-refractivity contribution is 6.05. The molecule has 0 saturated carbocycles. The lowest BCUT2D eigenvalue weighted by molar-refractivity contribution is 0.0564. The monoisotopic (exact) mass is 564 g/mol. The number of ether oxygens (including phenoxy) is 2. The summed E-state index contributed by atoms with van der Waals surface area (Å²) in [6, 6.07) is 12.6. The quantitative estimate of drug-likeness (QED) is 0.365. The van der Waals surface area contributed by atoms with Gasteiger partial charge in [-0.1, -0.05) is 18.2 Å². The summed E-state index contributed by atoms with van der Waals surface area (Å²) in [4.78, 5) is 44.1.